The lowest BCUT2D eigenvalue weighted by atomic mass is 10.2. The quantitative estimate of drug-likeness (QED) is 0.251. The largest absolute Gasteiger partial charge is 0.457 e. The molecule has 0 saturated carbocycles. The zero-order valence-corrected chi connectivity index (χ0v) is 19.6. The van der Waals surface area contributed by atoms with Crippen LogP contribution in [0.1, 0.15) is 5.56 Å². The van der Waals surface area contributed by atoms with E-state index in [1.165, 1.54) is 6.07 Å². The number of hydrogen-bond acceptors (Lipinski definition) is 5. The fourth-order valence-corrected chi connectivity index (χ4v) is 3.59. The van der Waals surface area contributed by atoms with Gasteiger partial charge in [0.05, 0.1) is 28.2 Å². The number of halogens is 4. The van der Waals surface area contributed by atoms with Crippen LogP contribution in [0.2, 0.25) is 5.02 Å². The minimum atomic E-state index is -4.65. The van der Waals surface area contributed by atoms with Gasteiger partial charge in [0, 0.05) is 41.7 Å². The minimum Gasteiger partial charge on any atom is -0.457 e. The average molecular weight is 520 g/mol. The molecule has 2 N–H and O–H groups in total. The first kappa shape index (κ1) is 24.4. The van der Waals surface area contributed by atoms with Gasteiger partial charge in [-0.05, 0) is 42.5 Å². The van der Waals surface area contributed by atoms with Crippen LogP contribution in [0.4, 0.5) is 29.3 Å². The molecular weight excluding hydrogens is 503 g/mol. The number of rotatable bonds is 5. The summed E-state index contributed by atoms with van der Waals surface area (Å²) in [5, 5.41) is 8.55. The molecule has 0 aliphatic rings. The molecule has 0 spiro atoms. The van der Waals surface area contributed by atoms with Crippen LogP contribution in [0.15, 0.2) is 72.0 Å². The summed E-state index contributed by atoms with van der Waals surface area (Å²) in [6.07, 6.45) is 0.488. The van der Waals surface area contributed by atoms with Gasteiger partial charge >= 0.3 is 12.2 Å². The number of nitrogens with zero attached hydrogens (tertiary/aromatic N) is 3. The van der Waals surface area contributed by atoms with Crippen molar-refractivity contribution in [1.29, 1.82) is 0 Å². The third-order valence-corrected chi connectivity index (χ3v) is 5.41. The number of carbonyl (C=O) groups excluding carboxylic acids is 1. The molecule has 0 aliphatic heterocycles. The van der Waals surface area contributed by atoms with Crippen LogP contribution in [0, 0.1) is 0 Å². The number of pyridine rings is 1. The number of carbonyl (C=O) groups is 1. The zero-order chi connectivity index (χ0) is 25.2. The van der Waals surface area contributed by atoms with Crippen molar-refractivity contribution in [3.05, 3.63) is 77.7 Å². The number of anilines is 2. The van der Waals surface area contributed by atoms with Crippen LogP contribution in [0.5, 0.6) is 11.5 Å². The SMILES string of the molecule is Cn1cc(-c2cc(Oc3ccc(NC(=O)Nc4ccc(Cl)c(C(F)(F)F)c4)c(S)c3)ccn2)cn1. The summed E-state index contributed by atoms with van der Waals surface area (Å²) >= 11 is 9.97. The van der Waals surface area contributed by atoms with E-state index in [1.54, 1.807) is 47.4 Å². The van der Waals surface area contributed by atoms with Crippen LogP contribution < -0.4 is 15.4 Å². The van der Waals surface area contributed by atoms with Gasteiger partial charge in [-0.2, -0.15) is 18.3 Å². The Kier molecular flexibility index (Phi) is 6.90. The molecule has 0 atom stereocenters. The Morgan fingerprint density at radius 1 is 1.09 bits per heavy atom. The summed E-state index contributed by atoms with van der Waals surface area (Å²) in [4.78, 5) is 17.0. The number of aromatic nitrogens is 3. The molecule has 0 fully saturated rings. The van der Waals surface area contributed by atoms with E-state index in [0.717, 1.165) is 17.7 Å². The van der Waals surface area contributed by atoms with Crippen molar-refractivity contribution in [3.8, 4) is 22.8 Å². The molecule has 0 aliphatic carbocycles. The second kappa shape index (κ2) is 9.88. The summed E-state index contributed by atoms with van der Waals surface area (Å²) < 4.78 is 46.6. The number of urea groups is 1. The Bertz CT molecular complexity index is 1390. The maximum atomic E-state index is 13.0. The molecule has 2 aromatic heterocycles. The molecule has 35 heavy (non-hydrogen) atoms. The Balaban J connectivity index is 1.43. The molecule has 4 rings (SSSR count). The molecule has 0 unspecified atom stereocenters. The smallest absolute Gasteiger partial charge is 0.417 e. The zero-order valence-electron chi connectivity index (χ0n) is 18.0. The van der Waals surface area contributed by atoms with Crippen LogP contribution in [-0.2, 0) is 13.2 Å². The van der Waals surface area contributed by atoms with Gasteiger partial charge in [-0.1, -0.05) is 11.6 Å². The predicted molar refractivity (Wildman–Crippen MR) is 129 cm³/mol. The van der Waals surface area contributed by atoms with Crippen LogP contribution in [0.25, 0.3) is 11.3 Å². The third-order valence-electron chi connectivity index (χ3n) is 4.71. The Labute approximate surface area is 208 Å². The van der Waals surface area contributed by atoms with Gasteiger partial charge in [0.25, 0.3) is 0 Å². The number of alkyl halides is 3. The second-order valence-electron chi connectivity index (χ2n) is 7.33. The van der Waals surface area contributed by atoms with Crippen LogP contribution >= 0.6 is 24.2 Å². The van der Waals surface area contributed by atoms with Crippen molar-refractivity contribution in [2.45, 2.75) is 11.1 Å². The Hall–Kier alpha value is -3.70. The summed E-state index contributed by atoms with van der Waals surface area (Å²) in [6.45, 7) is 0. The molecular formula is C23H17ClF3N5O2S. The van der Waals surface area contributed by atoms with E-state index in [1.807, 2.05) is 13.2 Å². The molecule has 7 nitrogen and oxygen atoms in total. The number of benzene rings is 2. The minimum absolute atomic E-state index is 0.0676. The van der Waals surface area contributed by atoms with Crippen molar-refractivity contribution in [1.82, 2.24) is 14.8 Å². The van der Waals surface area contributed by atoms with Crippen molar-refractivity contribution in [2.75, 3.05) is 10.6 Å². The third kappa shape index (κ3) is 6.06. The van der Waals surface area contributed by atoms with Crippen LogP contribution in [-0.4, -0.2) is 20.8 Å². The summed E-state index contributed by atoms with van der Waals surface area (Å²) in [5.74, 6) is 0.991. The number of ether oxygens (including phenoxy) is 1. The molecule has 2 amide bonds. The number of aryl methyl sites for hydroxylation is 1. The second-order valence-corrected chi connectivity index (χ2v) is 8.22. The number of thiol groups is 1. The van der Waals surface area contributed by atoms with Gasteiger partial charge < -0.3 is 15.4 Å². The highest BCUT2D eigenvalue weighted by Crippen LogP contribution is 2.36. The van der Waals surface area contributed by atoms with Crippen molar-refractivity contribution >= 4 is 41.6 Å². The number of nitrogens with one attached hydrogen (secondary N) is 2. The maximum absolute atomic E-state index is 13.0. The summed E-state index contributed by atoms with van der Waals surface area (Å²) in [6, 6.07) is 10.6. The summed E-state index contributed by atoms with van der Waals surface area (Å²) in [7, 11) is 1.81. The van der Waals surface area contributed by atoms with Gasteiger partial charge in [-0.15, -0.1) is 12.6 Å². The highest BCUT2D eigenvalue weighted by atomic mass is 35.5. The number of hydrogen-bond donors (Lipinski definition) is 3. The van der Waals surface area contributed by atoms with E-state index in [9.17, 15) is 18.0 Å². The standard InChI is InChI=1S/C23H17ClF3N5O2S/c1-32-12-13(11-29-32)20-9-16(6-7-28-20)34-15-3-5-19(21(35)10-15)31-22(33)30-14-2-4-18(24)17(8-14)23(25,26)27/h2-12,35H,1H3,(H2,30,31,33). The molecule has 4 aromatic rings. The van der Waals surface area contributed by atoms with Gasteiger partial charge in [-0.3, -0.25) is 9.67 Å². The van der Waals surface area contributed by atoms with E-state index in [0.29, 0.717) is 27.8 Å². The molecule has 180 valence electrons. The lowest BCUT2D eigenvalue weighted by Crippen LogP contribution is -2.20. The van der Waals surface area contributed by atoms with E-state index in [4.69, 9.17) is 16.3 Å². The van der Waals surface area contributed by atoms with Crippen LogP contribution in [0.3, 0.4) is 0 Å². The first-order chi connectivity index (χ1) is 16.6. The molecule has 2 aromatic carbocycles. The van der Waals surface area contributed by atoms with E-state index < -0.39 is 22.8 Å². The lowest BCUT2D eigenvalue weighted by Gasteiger charge is -2.14. The molecule has 0 radical (unpaired) electrons. The Morgan fingerprint density at radius 3 is 2.54 bits per heavy atom. The maximum Gasteiger partial charge on any atom is 0.417 e. The summed E-state index contributed by atoms with van der Waals surface area (Å²) in [5.41, 5.74) is 0.737. The molecule has 2 heterocycles. The average Bonchev–Trinajstić information content (AvgIpc) is 3.23. The van der Waals surface area contributed by atoms with Gasteiger partial charge in [0.1, 0.15) is 11.5 Å². The topological polar surface area (TPSA) is 81.1 Å². The van der Waals surface area contributed by atoms with Gasteiger partial charge in [0.2, 0.25) is 0 Å². The highest BCUT2D eigenvalue weighted by Gasteiger charge is 2.33. The van der Waals surface area contributed by atoms with Gasteiger partial charge in [0.15, 0.2) is 0 Å². The highest BCUT2D eigenvalue weighted by molar-refractivity contribution is 7.80. The molecule has 0 bridgehead atoms. The number of amides is 2. The molecule has 0 saturated heterocycles. The van der Waals surface area contributed by atoms with E-state index in [2.05, 4.69) is 33.3 Å². The fourth-order valence-electron chi connectivity index (χ4n) is 3.11. The Morgan fingerprint density at radius 2 is 1.86 bits per heavy atom. The van der Waals surface area contributed by atoms with E-state index in [-0.39, 0.29) is 5.69 Å². The monoisotopic (exact) mass is 519 g/mol. The van der Waals surface area contributed by atoms with Gasteiger partial charge in [-0.25, -0.2) is 4.79 Å². The first-order valence-corrected chi connectivity index (χ1v) is 10.8. The van der Waals surface area contributed by atoms with Crippen molar-refractivity contribution < 1.29 is 22.7 Å². The van der Waals surface area contributed by atoms with E-state index >= 15 is 0 Å². The predicted octanol–water partition coefficient (Wildman–Crippen LogP) is 6.88. The fraction of sp³-hybridized carbons (Fsp3) is 0.0870. The normalized spacial score (nSPS) is 11.3. The molecule has 12 heteroatoms. The van der Waals surface area contributed by atoms with Crippen molar-refractivity contribution in [3.63, 3.8) is 0 Å². The lowest BCUT2D eigenvalue weighted by molar-refractivity contribution is -0.137. The first-order valence-electron chi connectivity index (χ1n) is 9.99. The van der Waals surface area contributed by atoms with Crippen molar-refractivity contribution in [2.24, 2.45) is 7.05 Å².